The number of rotatable bonds is 2. The third kappa shape index (κ3) is 1.35. The molecule has 0 atom stereocenters. The van der Waals surface area contributed by atoms with E-state index in [1.807, 2.05) is 13.8 Å². The SMILES string of the molecule is CC(C)C(=O)c1cccc2c1C1(CNC1)OC2=O. The molecule has 1 fully saturated rings. The molecule has 4 heteroatoms. The molecule has 0 radical (unpaired) electrons. The van der Waals surface area contributed by atoms with Gasteiger partial charge >= 0.3 is 5.97 Å². The molecule has 2 heterocycles. The smallest absolute Gasteiger partial charge is 0.339 e. The lowest BCUT2D eigenvalue weighted by Crippen LogP contribution is -2.57. The number of nitrogens with one attached hydrogen (secondary N) is 1. The van der Waals surface area contributed by atoms with E-state index in [9.17, 15) is 9.59 Å². The average Bonchev–Trinajstić information content (AvgIpc) is 2.62. The number of benzene rings is 1. The van der Waals surface area contributed by atoms with E-state index < -0.39 is 5.60 Å². The van der Waals surface area contributed by atoms with Gasteiger partial charge in [-0.25, -0.2) is 4.79 Å². The second-order valence-electron chi connectivity index (χ2n) is 5.23. The number of hydrogen-bond donors (Lipinski definition) is 1. The number of carbonyl (C=O) groups is 2. The highest BCUT2D eigenvalue weighted by molar-refractivity contribution is 6.04. The van der Waals surface area contributed by atoms with Gasteiger partial charge in [0.05, 0.1) is 5.56 Å². The summed E-state index contributed by atoms with van der Waals surface area (Å²) in [4.78, 5) is 24.1. The zero-order chi connectivity index (χ0) is 12.9. The molecular weight excluding hydrogens is 230 g/mol. The zero-order valence-corrected chi connectivity index (χ0v) is 10.4. The molecule has 0 bridgehead atoms. The van der Waals surface area contributed by atoms with Crippen molar-refractivity contribution < 1.29 is 14.3 Å². The van der Waals surface area contributed by atoms with Gasteiger partial charge in [0.15, 0.2) is 11.4 Å². The average molecular weight is 245 g/mol. The molecule has 0 aliphatic carbocycles. The van der Waals surface area contributed by atoms with Crippen molar-refractivity contribution >= 4 is 11.8 Å². The maximum atomic E-state index is 12.3. The molecule has 2 aliphatic heterocycles. The van der Waals surface area contributed by atoms with Crippen molar-refractivity contribution in [3.63, 3.8) is 0 Å². The molecule has 0 aromatic heterocycles. The van der Waals surface area contributed by atoms with Crippen LogP contribution in [0.4, 0.5) is 0 Å². The summed E-state index contributed by atoms with van der Waals surface area (Å²) in [5.41, 5.74) is 1.36. The molecule has 0 saturated carbocycles. The van der Waals surface area contributed by atoms with E-state index in [-0.39, 0.29) is 17.7 Å². The maximum Gasteiger partial charge on any atom is 0.339 e. The fourth-order valence-electron chi connectivity index (χ4n) is 2.61. The van der Waals surface area contributed by atoms with Gasteiger partial charge in [-0.05, 0) is 6.07 Å². The van der Waals surface area contributed by atoms with Gasteiger partial charge in [0.1, 0.15) is 0 Å². The van der Waals surface area contributed by atoms with E-state index in [2.05, 4.69) is 5.32 Å². The van der Waals surface area contributed by atoms with Crippen LogP contribution in [0.5, 0.6) is 0 Å². The van der Waals surface area contributed by atoms with Crippen LogP contribution in [0.2, 0.25) is 0 Å². The molecule has 0 amide bonds. The first kappa shape index (κ1) is 11.4. The van der Waals surface area contributed by atoms with Crippen LogP contribution in [-0.4, -0.2) is 24.8 Å². The Hall–Kier alpha value is -1.68. The van der Waals surface area contributed by atoms with Crippen LogP contribution in [0, 0.1) is 5.92 Å². The van der Waals surface area contributed by atoms with Crippen LogP contribution in [0.1, 0.15) is 40.1 Å². The Morgan fingerprint density at radius 2 is 2.11 bits per heavy atom. The number of hydrogen-bond acceptors (Lipinski definition) is 4. The Morgan fingerprint density at radius 1 is 1.39 bits per heavy atom. The quantitative estimate of drug-likeness (QED) is 0.633. The third-order valence-electron chi connectivity index (χ3n) is 3.64. The predicted molar refractivity (Wildman–Crippen MR) is 65.6 cm³/mol. The van der Waals surface area contributed by atoms with E-state index >= 15 is 0 Å². The third-order valence-corrected chi connectivity index (χ3v) is 3.64. The molecule has 94 valence electrons. The largest absolute Gasteiger partial charge is 0.448 e. The number of esters is 1. The summed E-state index contributed by atoms with van der Waals surface area (Å²) in [6.45, 7) is 4.92. The summed E-state index contributed by atoms with van der Waals surface area (Å²) in [5, 5.41) is 3.11. The minimum atomic E-state index is -0.604. The normalized spacial score (nSPS) is 19.6. The Balaban J connectivity index is 2.19. The number of ketones is 1. The summed E-state index contributed by atoms with van der Waals surface area (Å²) in [5.74, 6) is -0.335. The molecule has 1 spiro atoms. The van der Waals surface area contributed by atoms with E-state index in [0.717, 1.165) is 5.56 Å². The van der Waals surface area contributed by atoms with Crippen LogP contribution in [0.3, 0.4) is 0 Å². The number of fused-ring (bicyclic) bond motifs is 2. The number of carbonyl (C=O) groups excluding carboxylic acids is 2. The first-order valence-corrected chi connectivity index (χ1v) is 6.17. The standard InChI is InChI=1S/C14H15NO3/c1-8(2)12(16)9-4-3-5-10-11(9)14(6-15-7-14)18-13(10)17/h3-5,8,15H,6-7H2,1-2H3. The molecule has 1 aromatic rings. The van der Waals surface area contributed by atoms with Gasteiger partial charge in [0.2, 0.25) is 0 Å². The van der Waals surface area contributed by atoms with Gasteiger partial charge in [-0.15, -0.1) is 0 Å². The fraction of sp³-hybridized carbons (Fsp3) is 0.429. The van der Waals surface area contributed by atoms with E-state index in [0.29, 0.717) is 24.2 Å². The molecule has 1 N–H and O–H groups in total. The molecule has 3 rings (SSSR count). The van der Waals surface area contributed by atoms with Crippen LogP contribution in [-0.2, 0) is 10.3 Å². The molecule has 2 aliphatic rings. The van der Waals surface area contributed by atoms with Crippen LogP contribution >= 0.6 is 0 Å². The van der Waals surface area contributed by atoms with E-state index in [1.54, 1.807) is 18.2 Å². The highest BCUT2D eigenvalue weighted by atomic mass is 16.6. The van der Waals surface area contributed by atoms with Crippen molar-refractivity contribution in [2.45, 2.75) is 19.4 Å². The number of Topliss-reactive ketones (excluding diaryl/α,β-unsaturated/α-hetero) is 1. The van der Waals surface area contributed by atoms with Gasteiger partial charge in [-0.2, -0.15) is 0 Å². The summed E-state index contributed by atoms with van der Waals surface area (Å²) >= 11 is 0. The fourth-order valence-corrected chi connectivity index (χ4v) is 2.61. The lowest BCUT2D eigenvalue weighted by Gasteiger charge is -2.38. The second kappa shape index (κ2) is 3.65. The molecule has 0 unspecified atom stereocenters. The lowest BCUT2D eigenvalue weighted by atomic mass is 9.81. The van der Waals surface area contributed by atoms with Crippen molar-refractivity contribution in [1.29, 1.82) is 0 Å². The van der Waals surface area contributed by atoms with Gasteiger partial charge in [-0.1, -0.05) is 26.0 Å². The molecule has 4 nitrogen and oxygen atoms in total. The van der Waals surface area contributed by atoms with E-state index in [1.165, 1.54) is 0 Å². The monoisotopic (exact) mass is 245 g/mol. The number of ether oxygens (including phenoxy) is 1. The molecule has 18 heavy (non-hydrogen) atoms. The molecule has 1 saturated heterocycles. The summed E-state index contributed by atoms with van der Waals surface area (Å²) < 4.78 is 5.47. The van der Waals surface area contributed by atoms with Crippen molar-refractivity contribution in [1.82, 2.24) is 5.32 Å². The lowest BCUT2D eigenvalue weighted by molar-refractivity contribution is -0.0372. The van der Waals surface area contributed by atoms with Crippen LogP contribution in [0.15, 0.2) is 18.2 Å². The second-order valence-corrected chi connectivity index (χ2v) is 5.23. The van der Waals surface area contributed by atoms with Gasteiger partial charge in [0, 0.05) is 30.1 Å². The Morgan fingerprint density at radius 3 is 2.67 bits per heavy atom. The summed E-state index contributed by atoms with van der Waals surface area (Å²) in [7, 11) is 0. The predicted octanol–water partition coefficient (Wildman–Crippen LogP) is 1.49. The summed E-state index contributed by atoms with van der Waals surface area (Å²) in [6.07, 6.45) is 0. The van der Waals surface area contributed by atoms with Gasteiger partial charge in [-0.3, -0.25) is 4.79 Å². The highest BCUT2D eigenvalue weighted by Gasteiger charge is 2.52. The van der Waals surface area contributed by atoms with Crippen LogP contribution < -0.4 is 5.32 Å². The van der Waals surface area contributed by atoms with Gasteiger partial charge < -0.3 is 10.1 Å². The van der Waals surface area contributed by atoms with E-state index in [4.69, 9.17) is 4.74 Å². The first-order chi connectivity index (χ1) is 8.55. The Labute approximate surface area is 105 Å². The topological polar surface area (TPSA) is 55.4 Å². The zero-order valence-electron chi connectivity index (χ0n) is 10.4. The van der Waals surface area contributed by atoms with Crippen molar-refractivity contribution in [3.05, 3.63) is 34.9 Å². The maximum absolute atomic E-state index is 12.3. The van der Waals surface area contributed by atoms with Crippen molar-refractivity contribution in [2.24, 2.45) is 5.92 Å². The Kier molecular flexibility index (Phi) is 2.32. The molecular formula is C14H15NO3. The first-order valence-electron chi connectivity index (χ1n) is 6.17. The minimum absolute atomic E-state index is 0.0661. The Bertz CT molecular complexity index is 544. The highest BCUT2D eigenvalue weighted by Crippen LogP contribution is 2.41. The summed E-state index contributed by atoms with van der Waals surface area (Å²) in [6, 6.07) is 5.28. The van der Waals surface area contributed by atoms with Gasteiger partial charge in [0.25, 0.3) is 0 Å². The molecule has 1 aromatic carbocycles. The van der Waals surface area contributed by atoms with Crippen LogP contribution in [0.25, 0.3) is 0 Å². The van der Waals surface area contributed by atoms with Crippen molar-refractivity contribution in [3.8, 4) is 0 Å². The minimum Gasteiger partial charge on any atom is -0.448 e. The van der Waals surface area contributed by atoms with Crippen molar-refractivity contribution in [2.75, 3.05) is 13.1 Å².